The van der Waals surface area contributed by atoms with Gasteiger partial charge in [-0.1, -0.05) is 11.6 Å². The first kappa shape index (κ1) is 12.3. The highest BCUT2D eigenvalue weighted by Gasteiger charge is 2.12. The summed E-state index contributed by atoms with van der Waals surface area (Å²) in [4.78, 5) is 19.6. The zero-order chi connectivity index (χ0) is 13.0. The Bertz CT molecular complexity index is 561. The molecule has 0 atom stereocenters. The molecule has 0 saturated heterocycles. The molecule has 0 radical (unpaired) electrons. The molecule has 0 saturated carbocycles. The van der Waals surface area contributed by atoms with E-state index in [1.807, 2.05) is 0 Å². The number of carbonyl (C=O) groups excluding carboxylic acids is 1. The smallest absolute Gasteiger partial charge is 0.339 e. The Morgan fingerprint density at radius 3 is 2.89 bits per heavy atom. The fourth-order valence-corrected chi connectivity index (χ4v) is 1.58. The van der Waals surface area contributed by atoms with Gasteiger partial charge in [0.25, 0.3) is 0 Å². The van der Waals surface area contributed by atoms with Crippen LogP contribution in [0, 0.1) is 0 Å². The molecule has 1 heterocycles. The van der Waals surface area contributed by atoms with Gasteiger partial charge in [0.1, 0.15) is 5.82 Å². The van der Waals surface area contributed by atoms with Gasteiger partial charge in [-0.05, 0) is 18.2 Å². The minimum absolute atomic E-state index is 0.382. The minimum Gasteiger partial charge on any atom is -0.465 e. The van der Waals surface area contributed by atoms with E-state index in [1.54, 1.807) is 36.8 Å². The van der Waals surface area contributed by atoms with E-state index < -0.39 is 5.97 Å². The van der Waals surface area contributed by atoms with Crippen molar-refractivity contribution < 1.29 is 9.53 Å². The lowest BCUT2D eigenvalue weighted by molar-refractivity contribution is 0.0602. The SMILES string of the molecule is COC(=O)c1ccc(Cl)cc1Nc1cnccn1. The molecule has 18 heavy (non-hydrogen) atoms. The van der Waals surface area contributed by atoms with Crippen molar-refractivity contribution in [2.75, 3.05) is 12.4 Å². The van der Waals surface area contributed by atoms with Gasteiger partial charge < -0.3 is 10.1 Å². The van der Waals surface area contributed by atoms with Crippen LogP contribution in [0.25, 0.3) is 0 Å². The first-order valence-corrected chi connectivity index (χ1v) is 5.49. The quantitative estimate of drug-likeness (QED) is 0.863. The van der Waals surface area contributed by atoms with Gasteiger partial charge in [0.15, 0.2) is 0 Å². The Kier molecular flexibility index (Phi) is 3.74. The highest BCUT2D eigenvalue weighted by Crippen LogP contribution is 2.24. The van der Waals surface area contributed by atoms with Gasteiger partial charge >= 0.3 is 5.97 Å². The third-order valence-electron chi connectivity index (χ3n) is 2.21. The molecule has 2 rings (SSSR count). The molecule has 0 aliphatic rings. The molecular formula is C12H10ClN3O2. The molecule has 0 bridgehead atoms. The van der Waals surface area contributed by atoms with Crippen molar-refractivity contribution in [2.45, 2.75) is 0 Å². The normalized spacial score (nSPS) is 9.89. The van der Waals surface area contributed by atoms with E-state index in [0.717, 1.165) is 0 Å². The second-order valence-electron chi connectivity index (χ2n) is 3.40. The number of rotatable bonds is 3. The fourth-order valence-electron chi connectivity index (χ4n) is 1.41. The van der Waals surface area contributed by atoms with Crippen LogP contribution >= 0.6 is 11.6 Å². The summed E-state index contributed by atoms with van der Waals surface area (Å²) >= 11 is 5.90. The summed E-state index contributed by atoms with van der Waals surface area (Å²) in [5.41, 5.74) is 0.905. The summed E-state index contributed by atoms with van der Waals surface area (Å²) < 4.78 is 4.70. The van der Waals surface area contributed by atoms with Gasteiger partial charge in [0.05, 0.1) is 24.6 Å². The lowest BCUT2D eigenvalue weighted by atomic mass is 10.2. The minimum atomic E-state index is -0.446. The Morgan fingerprint density at radius 2 is 2.22 bits per heavy atom. The number of esters is 1. The van der Waals surface area contributed by atoms with Crippen molar-refractivity contribution in [1.29, 1.82) is 0 Å². The zero-order valence-corrected chi connectivity index (χ0v) is 10.3. The number of anilines is 2. The maximum Gasteiger partial charge on any atom is 0.339 e. The van der Waals surface area contributed by atoms with Crippen LogP contribution in [0.15, 0.2) is 36.8 Å². The molecule has 0 spiro atoms. The Labute approximate surface area is 109 Å². The summed E-state index contributed by atoms with van der Waals surface area (Å²) in [6.45, 7) is 0. The van der Waals surface area contributed by atoms with Crippen molar-refractivity contribution in [1.82, 2.24) is 9.97 Å². The summed E-state index contributed by atoms with van der Waals surface area (Å²) in [6.07, 6.45) is 4.65. The average Bonchev–Trinajstić information content (AvgIpc) is 2.39. The van der Waals surface area contributed by atoms with Crippen molar-refractivity contribution in [2.24, 2.45) is 0 Å². The van der Waals surface area contributed by atoms with Crippen molar-refractivity contribution >= 4 is 29.1 Å². The predicted octanol–water partition coefficient (Wildman–Crippen LogP) is 2.66. The molecule has 2 aromatic rings. The van der Waals surface area contributed by atoms with Crippen LogP contribution < -0.4 is 5.32 Å². The molecule has 92 valence electrons. The molecule has 1 aromatic heterocycles. The second-order valence-corrected chi connectivity index (χ2v) is 3.83. The number of hydrogen-bond acceptors (Lipinski definition) is 5. The summed E-state index contributed by atoms with van der Waals surface area (Å²) in [7, 11) is 1.32. The van der Waals surface area contributed by atoms with Crippen LogP contribution in [-0.4, -0.2) is 23.0 Å². The van der Waals surface area contributed by atoms with E-state index >= 15 is 0 Å². The molecule has 0 aliphatic heterocycles. The Balaban J connectivity index is 2.36. The molecular weight excluding hydrogens is 254 g/mol. The molecule has 1 aromatic carbocycles. The Hall–Kier alpha value is -2.14. The van der Waals surface area contributed by atoms with E-state index in [0.29, 0.717) is 22.1 Å². The number of carbonyl (C=O) groups is 1. The van der Waals surface area contributed by atoms with E-state index in [9.17, 15) is 4.79 Å². The number of ether oxygens (including phenoxy) is 1. The Morgan fingerprint density at radius 1 is 1.39 bits per heavy atom. The lowest BCUT2D eigenvalue weighted by Crippen LogP contribution is -2.06. The molecule has 0 amide bonds. The second kappa shape index (κ2) is 5.46. The molecule has 5 nitrogen and oxygen atoms in total. The number of methoxy groups -OCH3 is 1. The van der Waals surface area contributed by atoms with Crippen LogP contribution in [0.5, 0.6) is 0 Å². The number of hydrogen-bond donors (Lipinski definition) is 1. The number of nitrogens with one attached hydrogen (secondary N) is 1. The maximum absolute atomic E-state index is 11.6. The predicted molar refractivity (Wildman–Crippen MR) is 68.1 cm³/mol. The van der Waals surface area contributed by atoms with Gasteiger partial charge in [-0.15, -0.1) is 0 Å². The first-order valence-electron chi connectivity index (χ1n) is 5.11. The van der Waals surface area contributed by atoms with E-state index in [2.05, 4.69) is 15.3 Å². The highest BCUT2D eigenvalue weighted by atomic mass is 35.5. The van der Waals surface area contributed by atoms with Crippen LogP contribution in [0.4, 0.5) is 11.5 Å². The first-order chi connectivity index (χ1) is 8.70. The lowest BCUT2D eigenvalue weighted by Gasteiger charge is -2.10. The third-order valence-corrected chi connectivity index (χ3v) is 2.45. The largest absolute Gasteiger partial charge is 0.465 e. The van der Waals surface area contributed by atoms with Crippen molar-refractivity contribution in [3.63, 3.8) is 0 Å². The van der Waals surface area contributed by atoms with Crippen molar-refractivity contribution in [3.8, 4) is 0 Å². The molecule has 0 unspecified atom stereocenters. The number of aromatic nitrogens is 2. The van der Waals surface area contributed by atoms with Gasteiger partial charge in [-0.3, -0.25) is 4.98 Å². The number of halogens is 1. The standard InChI is InChI=1S/C12H10ClN3O2/c1-18-12(17)9-3-2-8(13)6-10(9)16-11-7-14-4-5-15-11/h2-7H,1H3,(H,15,16). The molecule has 0 aliphatic carbocycles. The average molecular weight is 264 g/mol. The van der Waals surface area contributed by atoms with Crippen LogP contribution in [0.2, 0.25) is 5.02 Å². The van der Waals surface area contributed by atoms with Crippen LogP contribution in [0.3, 0.4) is 0 Å². The maximum atomic E-state index is 11.6. The fraction of sp³-hybridized carbons (Fsp3) is 0.0833. The van der Waals surface area contributed by atoms with Crippen molar-refractivity contribution in [3.05, 3.63) is 47.4 Å². The third kappa shape index (κ3) is 2.75. The van der Waals surface area contributed by atoms with Gasteiger partial charge in [0, 0.05) is 17.4 Å². The van der Waals surface area contributed by atoms with Gasteiger partial charge in [-0.25, -0.2) is 9.78 Å². The molecule has 1 N–H and O–H groups in total. The van der Waals surface area contributed by atoms with E-state index in [4.69, 9.17) is 16.3 Å². The van der Waals surface area contributed by atoms with Gasteiger partial charge in [0.2, 0.25) is 0 Å². The summed E-state index contributed by atoms with van der Waals surface area (Å²) in [5.74, 6) is 0.0722. The zero-order valence-electron chi connectivity index (χ0n) is 9.55. The summed E-state index contributed by atoms with van der Waals surface area (Å²) in [6, 6.07) is 4.84. The number of benzene rings is 1. The molecule has 0 fully saturated rings. The summed E-state index contributed by atoms with van der Waals surface area (Å²) in [5, 5.41) is 3.48. The number of nitrogens with zero attached hydrogens (tertiary/aromatic N) is 2. The highest BCUT2D eigenvalue weighted by molar-refractivity contribution is 6.31. The topological polar surface area (TPSA) is 64.1 Å². The van der Waals surface area contributed by atoms with E-state index in [1.165, 1.54) is 7.11 Å². The van der Waals surface area contributed by atoms with Crippen LogP contribution in [-0.2, 0) is 4.74 Å². The molecule has 6 heteroatoms. The van der Waals surface area contributed by atoms with Gasteiger partial charge in [-0.2, -0.15) is 0 Å². The van der Waals surface area contributed by atoms with Crippen LogP contribution in [0.1, 0.15) is 10.4 Å². The van der Waals surface area contributed by atoms with E-state index in [-0.39, 0.29) is 0 Å². The monoisotopic (exact) mass is 263 g/mol.